The molecular weight excluding hydrogens is 418 g/mol. The predicted octanol–water partition coefficient (Wildman–Crippen LogP) is 4.70. The predicted molar refractivity (Wildman–Crippen MR) is 128 cm³/mol. The average Bonchev–Trinajstić information content (AvgIpc) is 3.18. The van der Waals surface area contributed by atoms with Gasteiger partial charge in [-0.2, -0.15) is 0 Å². The number of rotatable bonds is 8. The minimum Gasteiger partial charge on any atom is -0.493 e. The summed E-state index contributed by atoms with van der Waals surface area (Å²) in [5.74, 6) is 1.60. The van der Waals surface area contributed by atoms with Crippen molar-refractivity contribution in [3.05, 3.63) is 72.8 Å². The Kier molecular flexibility index (Phi) is 6.56. The topological polar surface area (TPSA) is 68.2 Å². The van der Waals surface area contributed by atoms with Crippen molar-refractivity contribution in [1.29, 1.82) is 0 Å². The lowest BCUT2D eigenvalue weighted by Gasteiger charge is -2.21. The second-order valence-corrected chi connectivity index (χ2v) is 8.71. The van der Waals surface area contributed by atoms with Crippen LogP contribution < -0.4 is 19.1 Å². The maximum absolute atomic E-state index is 13.0. The fourth-order valence-electron chi connectivity index (χ4n) is 3.74. The maximum Gasteiger partial charge on any atom is 0.268 e. The van der Waals surface area contributed by atoms with Gasteiger partial charge in [-0.15, -0.1) is 0 Å². The minimum absolute atomic E-state index is 0.0886. The van der Waals surface area contributed by atoms with Crippen LogP contribution in [0.25, 0.3) is 11.1 Å². The highest BCUT2D eigenvalue weighted by Crippen LogP contribution is 2.34. The van der Waals surface area contributed by atoms with Crippen molar-refractivity contribution in [3.63, 3.8) is 0 Å². The Bertz CT molecular complexity index is 1090. The van der Waals surface area contributed by atoms with E-state index in [1.165, 1.54) is 0 Å². The SMILES string of the molecule is COc1cc(N2CCC(Oc3ccc(-c4ccccc4)cc3)C2=O)ccc1OCC(C)(C)O. The lowest BCUT2D eigenvalue weighted by atomic mass is 10.1. The Hall–Kier alpha value is -3.51. The summed E-state index contributed by atoms with van der Waals surface area (Å²) in [5, 5.41) is 9.90. The number of carbonyl (C=O) groups excluding carboxylic acids is 1. The van der Waals surface area contributed by atoms with Gasteiger partial charge in [-0.05, 0) is 49.2 Å². The Morgan fingerprint density at radius 2 is 1.67 bits per heavy atom. The molecule has 3 aromatic rings. The van der Waals surface area contributed by atoms with Crippen LogP contribution in [0.15, 0.2) is 72.8 Å². The van der Waals surface area contributed by atoms with Gasteiger partial charge in [-0.3, -0.25) is 4.79 Å². The van der Waals surface area contributed by atoms with Crippen molar-refractivity contribution in [2.24, 2.45) is 0 Å². The molecule has 1 aliphatic rings. The molecule has 6 nitrogen and oxygen atoms in total. The molecule has 0 aliphatic carbocycles. The summed E-state index contributed by atoms with van der Waals surface area (Å²) in [4.78, 5) is 14.7. The number of nitrogens with zero attached hydrogens (tertiary/aromatic N) is 1. The molecule has 0 aromatic heterocycles. The number of amides is 1. The zero-order valence-corrected chi connectivity index (χ0v) is 19.2. The van der Waals surface area contributed by atoms with E-state index in [0.717, 1.165) is 16.8 Å². The van der Waals surface area contributed by atoms with Crippen LogP contribution in [0.1, 0.15) is 20.3 Å². The zero-order valence-electron chi connectivity index (χ0n) is 19.2. The first-order valence-corrected chi connectivity index (χ1v) is 11.0. The number of hydrogen-bond acceptors (Lipinski definition) is 5. The lowest BCUT2D eigenvalue weighted by Crippen LogP contribution is -2.32. The highest BCUT2D eigenvalue weighted by molar-refractivity contribution is 5.99. The largest absolute Gasteiger partial charge is 0.493 e. The smallest absolute Gasteiger partial charge is 0.268 e. The van der Waals surface area contributed by atoms with Gasteiger partial charge in [0.05, 0.1) is 12.7 Å². The number of anilines is 1. The number of methoxy groups -OCH3 is 1. The van der Waals surface area contributed by atoms with Gasteiger partial charge >= 0.3 is 0 Å². The molecule has 3 aromatic carbocycles. The minimum atomic E-state index is -0.960. The van der Waals surface area contributed by atoms with E-state index in [1.807, 2.05) is 48.5 Å². The molecule has 0 saturated carbocycles. The van der Waals surface area contributed by atoms with Crippen LogP contribution in [0.3, 0.4) is 0 Å². The molecule has 1 amide bonds. The monoisotopic (exact) mass is 447 g/mol. The van der Waals surface area contributed by atoms with Gasteiger partial charge in [0.1, 0.15) is 12.4 Å². The van der Waals surface area contributed by atoms with Crippen molar-refractivity contribution < 1.29 is 24.1 Å². The van der Waals surface area contributed by atoms with E-state index in [1.54, 1.807) is 38.0 Å². The molecule has 4 rings (SSSR count). The van der Waals surface area contributed by atoms with Crippen molar-refractivity contribution in [2.45, 2.75) is 32.0 Å². The standard InChI is InChI=1S/C27H29NO5/c1-27(2,30)18-32-23-14-11-21(17-25(23)31-3)28-16-15-24(26(28)29)33-22-12-9-20(10-13-22)19-7-5-4-6-8-19/h4-14,17,24,30H,15-16,18H2,1-3H3. The van der Waals surface area contributed by atoms with Crippen LogP contribution in [0.5, 0.6) is 17.2 Å². The molecule has 0 bridgehead atoms. The fourth-order valence-corrected chi connectivity index (χ4v) is 3.74. The van der Waals surface area contributed by atoms with Crippen LogP contribution in [-0.4, -0.2) is 43.0 Å². The quantitative estimate of drug-likeness (QED) is 0.542. The third-order valence-corrected chi connectivity index (χ3v) is 5.44. The molecule has 1 fully saturated rings. The molecule has 1 saturated heterocycles. The van der Waals surface area contributed by atoms with E-state index in [9.17, 15) is 9.90 Å². The fraction of sp³-hybridized carbons (Fsp3) is 0.296. The van der Waals surface area contributed by atoms with E-state index >= 15 is 0 Å². The zero-order chi connectivity index (χ0) is 23.4. The van der Waals surface area contributed by atoms with E-state index in [0.29, 0.717) is 30.2 Å². The summed E-state index contributed by atoms with van der Waals surface area (Å²) in [7, 11) is 1.55. The number of ether oxygens (including phenoxy) is 3. The highest BCUT2D eigenvalue weighted by atomic mass is 16.5. The Morgan fingerprint density at radius 1 is 0.970 bits per heavy atom. The average molecular weight is 448 g/mol. The highest BCUT2D eigenvalue weighted by Gasteiger charge is 2.34. The summed E-state index contributed by atoms with van der Waals surface area (Å²) in [6, 6.07) is 23.3. The second kappa shape index (κ2) is 9.55. The Morgan fingerprint density at radius 3 is 2.33 bits per heavy atom. The molecule has 0 radical (unpaired) electrons. The number of benzene rings is 3. The first-order chi connectivity index (χ1) is 15.8. The number of aliphatic hydroxyl groups is 1. The molecular formula is C27H29NO5. The van der Waals surface area contributed by atoms with Gasteiger partial charge in [0, 0.05) is 24.7 Å². The van der Waals surface area contributed by atoms with E-state index in [2.05, 4.69) is 12.1 Å². The molecule has 172 valence electrons. The Balaban J connectivity index is 1.42. The molecule has 1 atom stereocenters. The third-order valence-electron chi connectivity index (χ3n) is 5.44. The van der Waals surface area contributed by atoms with Crippen LogP contribution in [0.4, 0.5) is 5.69 Å². The summed E-state index contributed by atoms with van der Waals surface area (Å²) in [5.41, 5.74) is 1.99. The normalized spacial score (nSPS) is 16.1. The molecule has 1 aliphatic heterocycles. The molecule has 1 N–H and O–H groups in total. The van der Waals surface area contributed by atoms with Crippen molar-refractivity contribution >= 4 is 11.6 Å². The molecule has 33 heavy (non-hydrogen) atoms. The van der Waals surface area contributed by atoms with E-state index in [4.69, 9.17) is 14.2 Å². The number of hydrogen-bond donors (Lipinski definition) is 1. The van der Waals surface area contributed by atoms with E-state index < -0.39 is 11.7 Å². The van der Waals surface area contributed by atoms with Gasteiger partial charge in [0.15, 0.2) is 17.6 Å². The van der Waals surface area contributed by atoms with Crippen molar-refractivity contribution in [3.8, 4) is 28.4 Å². The molecule has 1 heterocycles. The lowest BCUT2D eigenvalue weighted by molar-refractivity contribution is -0.122. The summed E-state index contributed by atoms with van der Waals surface area (Å²) in [6.45, 7) is 4.03. The van der Waals surface area contributed by atoms with Crippen LogP contribution in [0, 0.1) is 0 Å². The van der Waals surface area contributed by atoms with Crippen molar-refractivity contribution in [1.82, 2.24) is 0 Å². The molecule has 1 unspecified atom stereocenters. The van der Waals surface area contributed by atoms with Gasteiger partial charge in [-0.1, -0.05) is 42.5 Å². The summed E-state index contributed by atoms with van der Waals surface area (Å²) in [6.07, 6.45) is 0.0584. The second-order valence-electron chi connectivity index (χ2n) is 8.71. The molecule has 6 heteroatoms. The summed E-state index contributed by atoms with van der Waals surface area (Å²) >= 11 is 0. The molecule has 0 spiro atoms. The van der Waals surface area contributed by atoms with Gasteiger partial charge < -0.3 is 24.2 Å². The first kappa shape index (κ1) is 22.7. The van der Waals surface area contributed by atoms with Gasteiger partial charge in [0.25, 0.3) is 5.91 Å². The first-order valence-electron chi connectivity index (χ1n) is 11.0. The maximum atomic E-state index is 13.0. The Labute approximate surface area is 194 Å². The summed E-state index contributed by atoms with van der Waals surface area (Å²) < 4.78 is 17.1. The van der Waals surface area contributed by atoms with Crippen molar-refractivity contribution in [2.75, 3.05) is 25.2 Å². The van der Waals surface area contributed by atoms with Crippen LogP contribution in [0.2, 0.25) is 0 Å². The van der Waals surface area contributed by atoms with Gasteiger partial charge in [0.2, 0.25) is 0 Å². The van der Waals surface area contributed by atoms with Crippen LogP contribution >= 0.6 is 0 Å². The van der Waals surface area contributed by atoms with Crippen LogP contribution in [-0.2, 0) is 4.79 Å². The van der Waals surface area contributed by atoms with E-state index in [-0.39, 0.29) is 12.5 Å². The van der Waals surface area contributed by atoms with Gasteiger partial charge in [-0.25, -0.2) is 0 Å². The number of carbonyl (C=O) groups is 1. The third kappa shape index (κ3) is 5.46.